The lowest BCUT2D eigenvalue weighted by Crippen LogP contribution is -2.56. The van der Waals surface area contributed by atoms with Gasteiger partial charge in [0.15, 0.2) is 0 Å². The monoisotopic (exact) mass is 794 g/mol. The number of aryl methyl sites for hydroxylation is 1. The van der Waals surface area contributed by atoms with Crippen molar-refractivity contribution in [2.45, 2.75) is 85.2 Å². The van der Waals surface area contributed by atoms with Crippen molar-refractivity contribution >= 4 is 34.8 Å². The summed E-state index contributed by atoms with van der Waals surface area (Å²) in [7, 11) is 1.28. The molecule has 0 radical (unpaired) electrons. The minimum absolute atomic E-state index is 0.0538. The van der Waals surface area contributed by atoms with E-state index in [0.29, 0.717) is 25.1 Å². The number of methoxy groups -OCH3 is 1. The van der Waals surface area contributed by atoms with Gasteiger partial charge in [0.25, 0.3) is 0 Å². The zero-order valence-electron chi connectivity index (χ0n) is 34.4. The van der Waals surface area contributed by atoms with E-state index in [1.165, 1.54) is 7.11 Å². The lowest BCUT2D eigenvalue weighted by Gasteiger charge is -2.36. The number of rotatable bonds is 19. The van der Waals surface area contributed by atoms with E-state index in [-0.39, 0.29) is 56.4 Å². The lowest BCUT2D eigenvalue weighted by molar-refractivity contribution is -0.132. The maximum absolute atomic E-state index is 14.6. The van der Waals surface area contributed by atoms with Crippen LogP contribution in [-0.4, -0.2) is 93.9 Å². The predicted molar refractivity (Wildman–Crippen MR) is 222 cm³/mol. The Balaban J connectivity index is 1.40. The van der Waals surface area contributed by atoms with Crippen LogP contribution in [0.1, 0.15) is 63.2 Å². The molecule has 1 saturated heterocycles. The number of urea groups is 1. The van der Waals surface area contributed by atoms with Crippen LogP contribution in [0.5, 0.6) is 0 Å². The maximum atomic E-state index is 14.6. The quantitative estimate of drug-likeness (QED) is 0.0828. The van der Waals surface area contributed by atoms with Gasteiger partial charge in [0.1, 0.15) is 0 Å². The van der Waals surface area contributed by atoms with Crippen molar-refractivity contribution in [1.29, 1.82) is 0 Å². The standard InChI is InChI=1S/C44H58N8O6/c1-7-29(2)40(37-24-45-42(56)52(37)26-33-18-13-14-30(3)47-33)41(55)49-36(22-31-15-9-8-10-16-31)38(53)27-51(25-34-21-20-32-17-11-12-19-35(32)48-34)50-39(54)23-44(4,5)28-46-43(57)58-6/h8-21,29,36-38,40,53H,7,22-28H2,1-6H3,(H,45,56)(H,46,57)(H,49,55)(H,50,54). The van der Waals surface area contributed by atoms with Crippen molar-refractivity contribution < 1.29 is 29.0 Å². The van der Waals surface area contributed by atoms with Crippen molar-refractivity contribution in [1.82, 2.24) is 41.3 Å². The molecule has 5 atom stereocenters. The maximum Gasteiger partial charge on any atom is 0.406 e. The van der Waals surface area contributed by atoms with Crippen molar-refractivity contribution in [2.24, 2.45) is 17.3 Å². The number of aliphatic hydroxyl groups excluding tert-OH is 1. The summed E-state index contributed by atoms with van der Waals surface area (Å²) in [6.07, 6.45) is -0.697. The Morgan fingerprint density at radius 1 is 1.00 bits per heavy atom. The first-order valence-corrected chi connectivity index (χ1v) is 20.0. The third kappa shape index (κ3) is 12.2. The van der Waals surface area contributed by atoms with E-state index in [0.717, 1.165) is 27.9 Å². The number of aliphatic hydroxyl groups is 1. The molecule has 5 unspecified atom stereocenters. The van der Waals surface area contributed by atoms with Gasteiger partial charge < -0.3 is 30.7 Å². The zero-order valence-corrected chi connectivity index (χ0v) is 34.4. The third-order valence-corrected chi connectivity index (χ3v) is 10.7. The molecular weight excluding hydrogens is 737 g/mol. The van der Waals surface area contributed by atoms with E-state index in [2.05, 4.69) is 26.4 Å². The first-order chi connectivity index (χ1) is 27.7. The van der Waals surface area contributed by atoms with E-state index in [1.54, 1.807) is 9.91 Å². The molecule has 1 fully saturated rings. The van der Waals surface area contributed by atoms with E-state index < -0.39 is 35.6 Å². The molecule has 5 amide bonds. The van der Waals surface area contributed by atoms with Crippen LogP contribution < -0.4 is 21.4 Å². The Bertz CT molecular complexity index is 2010. The SMILES string of the molecule is CCC(C)C(C(=O)NC(Cc1ccccc1)C(O)CN(Cc1ccc2ccccc2n1)NC(=O)CC(C)(C)CNC(=O)OC)C1CNC(=O)N1Cc1cccc(C)n1. The number of nitrogens with zero attached hydrogens (tertiary/aromatic N) is 4. The molecule has 0 aliphatic carbocycles. The molecule has 0 spiro atoms. The van der Waals surface area contributed by atoms with Gasteiger partial charge in [-0.15, -0.1) is 0 Å². The number of amides is 5. The fourth-order valence-electron chi connectivity index (χ4n) is 7.41. The highest BCUT2D eigenvalue weighted by Crippen LogP contribution is 2.28. The fourth-order valence-corrected chi connectivity index (χ4v) is 7.41. The van der Waals surface area contributed by atoms with Crippen LogP contribution in [0.2, 0.25) is 0 Å². The number of carbonyl (C=O) groups is 4. The summed E-state index contributed by atoms with van der Waals surface area (Å²) < 4.78 is 4.70. The summed E-state index contributed by atoms with van der Waals surface area (Å²) in [5.41, 5.74) is 6.29. The molecule has 1 aliphatic rings. The number of hydrogen-bond donors (Lipinski definition) is 5. The molecule has 0 bridgehead atoms. The Kier molecular flexibility index (Phi) is 15.2. The third-order valence-electron chi connectivity index (χ3n) is 10.7. The van der Waals surface area contributed by atoms with E-state index in [4.69, 9.17) is 9.72 Å². The number of carbonyl (C=O) groups excluding carboxylic acids is 4. The highest BCUT2D eigenvalue weighted by atomic mass is 16.5. The molecule has 4 aromatic rings. The van der Waals surface area contributed by atoms with Gasteiger partial charge in [-0.2, -0.15) is 0 Å². The number of ether oxygens (including phenoxy) is 1. The van der Waals surface area contributed by atoms with Crippen LogP contribution in [0, 0.1) is 24.2 Å². The molecular formula is C44H58N8O6. The van der Waals surface area contributed by atoms with Crippen molar-refractivity contribution in [3.05, 3.63) is 108 Å². The highest BCUT2D eigenvalue weighted by Gasteiger charge is 2.43. The van der Waals surface area contributed by atoms with Crippen LogP contribution in [-0.2, 0) is 33.8 Å². The molecule has 14 nitrogen and oxygen atoms in total. The summed E-state index contributed by atoms with van der Waals surface area (Å²) in [5.74, 6) is -1.30. The van der Waals surface area contributed by atoms with Gasteiger partial charge in [-0.05, 0) is 54.5 Å². The normalized spacial score (nSPS) is 16.3. The van der Waals surface area contributed by atoms with Crippen molar-refractivity contribution in [2.75, 3.05) is 26.7 Å². The number of benzene rings is 2. The average molecular weight is 795 g/mol. The summed E-state index contributed by atoms with van der Waals surface area (Å²) in [5, 5.41) is 23.6. The Hall–Kier alpha value is -5.60. The van der Waals surface area contributed by atoms with Crippen LogP contribution in [0.3, 0.4) is 0 Å². The smallest absolute Gasteiger partial charge is 0.406 e. The molecule has 5 N–H and O–H groups in total. The molecule has 310 valence electrons. The van der Waals surface area contributed by atoms with Gasteiger partial charge in [-0.25, -0.2) is 14.6 Å². The Morgan fingerprint density at radius 2 is 1.74 bits per heavy atom. The molecule has 3 heterocycles. The molecule has 2 aromatic heterocycles. The van der Waals surface area contributed by atoms with Gasteiger partial charge in [-0.3, -0.25) is 25.0 Å². The van der Waals surface area contributed by atoms with Crippen LogP contribution in [0.15, 0.2) is 84.9 Å². The van der Waals surface area contributed by atoms with Gasteiger partial charge >= 0.3 is 12.1 Å². The number of pyridine rings is 2. The Morgan fingerprint density at radius 3 is 2.47 bits per heavy atom. The Labute approximate surface area is 341 Å². The summed E-state index contributed by atoms with van der Waals surface area (Å²) in [6, 6.07) is 25.4. The minimum atomic E-state index is -1.16. The second kappa shape index (κ2) is 20.2. The lowest BCUT2D eigenvalue weighted by atomic mass is 9.83. The number of para-hydroxylation sites is 1. The van der Waals surface area contributed by atoms with E-state index in [9.17, 15) is 24.3 Å². The number of hydrazine groups is 1. The largest absolute Gasteiger partial charge is 0.453 e. The topological polar surface area (TPSA) is 178 Å². The molecule has 0 saturated carbocycles. The molecule has 14 heteroatoms. The first-order valence-electron chi connectivity index (χ1n) is 20.0. The number of aromatic nitrogens is 2. The van der Waals surface area contributed by atoms with Crippen LogP contribution in [0.4, 0.5) is 9.59 Å². The summed E-state index contributed by atoms with van der Waals surface area (Å²) in [4.78, 5) is 64.4. The van der Waals surface area contributed by atoms with E-state index >= 15 is 0 Å². The second-order valence-electron chi connectivity index (χ2n) is 16.0. The number of fused-ring (bicyclic) bond motifs is 1. The van der Waals surface area contributed by atoms with Gasteiger partial charge in [0.05, 0.1) is 61.2 Å². The fraction of sp³-hybridized carbons (Fsp3) is 0.455. The number of nitrogens with one attached hydrogen (secondary N) is 4. The summed E-state index contributed by atoms with van der Waals surface area (Å²) in [6.45, 7) is 10.5. The van der Waals surface area contributed by atoms with Gasteiger partial charge in [0, 0.05) is 37.1 Å². The molecule has 1 aliphatic heterocycles. The van der Waals surface area contributed by atoms with Crippen molar-refractivity contribution in [3.63, 3.8) is 0 Å². The van der Waals surface area contributed by atoms with Gasteiger partial charge in [0.2, 0.25) is 11.8 Å². The van der Waals surface area contributed by atoms with Crippen LogP contribution >= 0.6 is 0 Å². The first kappa shape index (κ1) is 43.5. The molecule has 58 heavy (non-hydrogen) atoms. The highest BCUT2D eigenvalue weighted by molar-refractivity contribution is 5.83. The number of alkyl carbamates (subject to hydrolysis) is 1. The minimum Gasteiger partial charge on any atom is -0.453 e. The predicted octanol–water partition coefficient (Wildman–Crippen LogP) is 4.89. The average Bonchev–Trinajstić information content (AvgIpc) is 3.54. The van der Waals surface area contributed by atoms with E-state index in [1.807, 2.05) is 120 Å². The van der Waals surface area contributed by atoms with Gasteiger partial charge in [-0.1, -0.05) is 94.8 Å². The van der Waals surface area contributed by atoms with Crippen LogP contribution in [0.25, 0.3) is 10.9 Å². The molecule has 2 aromatic carbocycles. The molecule has 5 rings (SSSR count). The van der Waals surface area contributed by atoms with Crippen molar-refractivity contribution in [3.8, 4) is 0 Å². The number of hydrogen-bond acceptors (Lipinski definition) is 9. The summed E-state index contributed by atoms with van der Waals surface area (Å²) >= 11 is 0. The second-order valence-corrected chi connectivity index (χ2v) is 16.0. The zero-order chi connectivity index (χ0) is 41.8.